The summed E-state index contributed by atoms with van der Waals surface area (Å²) in [6.45, 7) is 4.01. The van der Waals surface area contributed by atoms with Gasteiger partial charge in [0.15, 0.2) is 6.29 Å². The number of aryl methyl sites for hydroxylation is 1. The van der Waals surface area contributed by atoms with Crippen LogP contribution < -0.4 is 0 Å². The third kappa shape index (κ3) is 1.74. The Morgan fingerprint density at radius 1 is 1.06 bits per heavy atom. The molecule has 2 heteroatoms. The van der Waals surface area contributed by atoms with Gasteiger partial charge in [-0.05, 0) is 30.5 Å². The molecule has 2 nitrogen and oxygen atoms in total. The van der Waals surface area contributed by atoms with Gasteiger partial charge in [-0.2, -0.15) is 0 Å². The number of carbonyl (C=O) groups is 1. The summed E-state index contributed by atoms with van der Waals surface area (Å²) < 4.78 is 0. The van der Waals surface area contributed by atoms with Crippen molar-refractivity contribution in [3.63, 3.8) is 0 Å². The Labute approximate surface area is 95.0 Å². The number of nitrogens with zero attached hydrogens (tertiary/aromatic N) is 1. The molecule has 0 aliphatic carbocycles. The van der Waals surface area contributed by atoms with Gasteiger partial charge in [-0.25, -0.2) is 0 Å². The van der Waals surface area contributed by atoms with Crippen LogP contribution in [0.3, 0.4) is 0 Å². The predicted molar refractivity (Wildman–Crippen MR) is 64.5 cm³/mol. The van der Waals surface area contributed by atoms with Crippen molar-refractivity contribution in [2.45, 2.75) is 13.8 Å². The fraction of sp³-hybridized carbons (Fsp3) is 0.143. The van der Waals surface area contributed by atoms with Crippen LogP contribution in [0.15, 0.2) is 36.7 Å². The van der Waals surface area contributed by atoms with E-state index in [9.17, 15) is 4.79 Å². The first kappa shape index (κ1) is 10.6. The van der Waals surface area contributed by atoms with Gasteiger partial charge in [0.25, 0.3) is 0 Å². The van der Waals surface area contributed by atoms with Gasteiger partial charge in [-0.15, -0.1) is 0 Å². The molecule has 1 aromatic carbocycles. The van der Waals surface area contributed by atoms with E-state index in [1.54, 1.807) is 6.20 Å². The maximum Gasteiger partial charge on any atom is 0.151 e. The SMILES string of the molecule is Cc1ccccc1-c1cncc(C=O)c1C. The highest BCUT2D eigenvalue weighted by Crippen LogP contribution is 2.26. The zero-order valence-corrected chi connectivity index (χ0v) is 9.40. The molecule has 0 saturated heterocycles. The minimum Gasteiger partial charge on any atom is -0.298 e. The molecule has 80 valence electrons. The Kier molecular flexibility index (Phi) is 2.82. The molecule has 0 bridgehead atoms. The Morgan fingerprint density at radius 2 is 1.81 bits per heavy atom. The van der Waals surface area contributed by atoms with Crippen molar-refractivity contribution in [3.05, 3.63) is 53.3 Å². The molecule has 1 heterocycles. The average molecular weight is 211 g/mol. The molecule has 1 aromatic heterocycles. The minimum absolute atomic E-state index is 0.653. The topological polar surface area (TPSA) is 30.0 Å². The minimum atomic E-state index is 0.653. The van der Waals surface area contributed by atoms with E-state index in [4.69, 9.17) is 0 Å². The standard InChI is InChI=1S/C14H13NO/c1-10-5-3-4-6-13(10)14-8-15-7-12(9-16)11(14)2/h3-9H,1-2H3. The molecular formula is C14H13NO. The van der Waals surface area contributed by atoms with Gasteiger partial charge in [-0.1, -0.05) is 24.3 Å². The molecule has 0 N–H and O–H groups in total. The maximum absolute atomic E-state index is 10.9. The molecule has 0 radical (unpaired) electrons. The summed E-state index contributed by atoms with van der Waals surface area (Å²) in [6.07, 6.45) is 4.26. The van der Waals surface area contributed by atoms with Crippen molar-refractivity contribution < 1.29 is 4.79 Å². The van der Waals surface area contributed by atoms with E-state index in [1.165, 1.54) is 5.56 Å². The van der Waals surface area contributed by atoms with E-state index in [0.29, 0.717) is 5.56 Å². The Bertz CT molecular complexity index is 532. The second-order valence-electron chi connectivity index (χ2n) is 3.83. The lowest BCUT2D eigenvalue weighted by atomic mass is 9.96. The van der Waals surface area contributed by atoms with E-state index in [-0.39, 0.29) is 0 Å². The van der Waals surface area contributed by atoms with Crippen molar-refractivity contribution in [3.8, 4) is 11.1 Å². The summed E-state index contributed by atoms with van der Waals surface area (Å²) in [7, 11) is 0. The Balaban J connectivity index is 2.65. The Morgan fingerprint density at radius 3 is 2.50 bits per heavy atom. The molecule has 0 spiro atoms. The lowest BCUT2D eigenvalue weighted by Gasteiger charge is -2.09. The lowest BCUT2D eigenvalue weighted by Crippen LogP contribution is -1.93. The first-order valence-electron chi connectivity index (χ1n) is 5.20. The largest absolute Gasteiger partial charge is 0.298 e. The third-order valence-corrected chi connectivity index (χ3v) is 2.82. The zero-order chi connectivity index (χ0) is 11.5. The van der Waals surface area contributed by atoms with Crippen molar-refractivity contribution in [2.75, 3.05) is 0 Å². The summed E-state index contributed by atoms with van der Waals surface area (Å²) in [5, 5.41) is 0. The van der Waals surface area contributed by atoms with Gasteiger partial charge in [0.1, 0.15) is 0 Å². The molecular weight excluding hydrogens is 198 g/mol. The van der Waals surface area contributed by atoms with Crippen LogP contribution in [0.5, 0.6) is 0 Å². The van der Waals surface area contributed by atoms with Crippen LogP contribution in [0.25, 0.3) is 11.1 Å². The molecule has 0 amide bonds. The first-order valence-corrected chi connectivity index (χ1v) is 5.20. The van der Waals surface area contributed by atoms with E-state index >= 15 is 0 Å². The molecule has 0 fully saturated rings. The number of benzene rings is 1. The monoisotopic (exact) mass is 211 g/mol. The molecule has 0 unspecified atom stereocenters. The molecule has 0 aliphatic rings. The summed E-state index contributed by atoms with van der Waals surface area (Å²) in [6, 6.07) is 8.11. The van der Waals surface area contributed by atoms with Crippen LogP contribution in [-0.2, 0) is 0 Å². The summed E-state index contributed by atoms with van der Waals surface area (Å²) in [5.41, 5.74) is 4.99. The number of pyridine rings is 1. The highest BCUT2D eigenvalue weighted by Gasteiger charge is 2.07. The van der Waals surface area contributed by atoms with Gasteiger partial charge in [-0.3, -0.25) is 9.78 Å². The van der Waals surface area contributed by atoms with E-state index in [2.05, 4.69) is 18.0 Å². The fourth-order valence-corrected chi connectivity index (χ4v) is 1.81. The quantitative estimate of drug-likeness (QED) is 0.714. The number of aldehydes is 1. The van der Waals surface area contributed by atoms with Crippen molar-refractivity contribution in [1.82, 2.24) is 4.98 Å². The van der Waals surface area contributed by atoms with Crippen molar-refractivity contribution >= 4 is 6.29 Å². The van der Waals surface area contributed by atoms with Gasteiger partial charge in [0, 0.05) is 23.5 Å². The Hall–Kier alpha value is -1.96. The van der Waals surface area contributed by atoms with E-state index in [1.807, 2.05) is 31.3 Å². The van der Waals surface area contributed by atoms with E-state index < -0.39 is 0 Å². The highest BCUT2D eigenvalue weighted by atomic mass is 16.1. The van der Waals surface area contributed by atoms with Gasteiger partial charge >= 0.3 is 0 Å². The maximum atomic E-state index is 10.9. The fourth-order valence-electron chi connectivity index (χ4n) is 1.81. The predicted octanol–water partition coefficient (Wildman–Crippen LogP) is 3.18. The van der Waals surface area contributed by atoms with Crippen molar-refractivity contribution in [2.24, 2.45) is 0 Å². The summed E-state index contributed by atoms with van der Waals surface area (Å²) in [5.74, 6) is 0. The lowest BCUT2D eigenvalue weighted by molar-refractivity contribution is 0.112. The summed E-state index contributed by atoms with van der Waals surface area (Å²) >= 11 is 0. The normalized spacial score (nSPS) is 10.1. The van der Waals surface area contributed by atoms with E-state index in [0.717, 1.165) is 23.0 Å². The van der Waals surface area contributed by atoms with Crippen LogP contribution in [0, 0.1) is 13.8 Å². The number of hydrogen-bond acceptors (Lipinski definition) is 2. The second-order valence-corrected chi connectivity index (χ2v) is 3.83. The van der Waals surface area contributed by atoms with Crippen LogP contribution in [0.4, 0.5) is 0 Å². The van der Waals surface area contributed by atoms with Gasteiger partial charge in [0.05, 0.1) is 0 Å². The molecule has 16 heavy (non-hydrogen) atoms. The molecule has 2 rings (SSSR count). The van der Waals surface area contributed by atoms with Crippen LogP contribution in [0.2, 0.25) is 0 Å². The third-order valence-electron chi connectivity index (χ3n) is 2.82. The molecule has 0 saturated carbocycles. The van der Waals surface area contributed by atoms with Crippen molar-refractivity contribution in [1.29, 1.82) is 0 Å². The average Bonchev–Trinajstić information content (AvgIpc) is 2.31. The number of aromatic nitrogens is 1. The number of hydrogen-bond donors (Lipinski definition) is 0. The molecule has 0 atom stereocenters. The number of carbonyl (C=O) groups excluding carboxylic acids is 1. The zero-order valence-electron chi connectivity index (χ0n) is 9.40. The highest BCUT2D eigenvalue weighted by molar-refractivity contribution is 5.82. The van der Waals surface area contributed by atoms with Crippen LogP contribution >= 0.6 is 0 Å². The van der Waals surface area contributed by atoms with Gasteiger partial charge in [0.2, 0.25) is 0 Å². The van der Waals surface area contributed by atoms with Gasteiger partial charge < -0.3 is 0 Å². The summed E-state index contributed by atoms with van der Waals surface area (Å²) in [4.78, 5) is 15.0. The van der Waals surface area contributed by atoms with Crippen LogP contribution in [-0.4, -0.2) is 11.3 Å². The number of rotatable bonds is 2. The second kappa shape index (κ2) is 4.27. The molecule has 2 aromatic rings. The first-order chi connectivity index (χ1) is 7.74. The van der Waals surface area contributed by atoms with Crippen LogP contribution in [0.1, 0.15) is 21.5 Å². The smallest absolute Gasteiger partial charge is 0.151 e. The molecule has 0 aliphatic heterocycles.